The summed E-state index contributed by atoms with van der Waals surface area (Å²) in [5, 5.41) is 9.27. The van der Waals surface area contributed by atoms with E-state index in [0.717, 1.165) is 16.1 Å². The van der Waals surface area contributed by atoms with Crippen molar-refractivity contribution in [3.63, 3.8) is 0 Å². The normalized spacial score (nSPS) is 9.40. The van der Waals surface area contributed by atoms with Gasteiger partial charge in [0, 0.05) is 5.02 Å². The third-order valence-electron chi connectivity index (χ3n) is 1.73. The summed E-state index contributed by atoms with van der Waals surface area (Å²) in [6.45, 7) is 6.92. The van der Waals surface area contributed by atoms with Gasteiger partial charge in [-0.2, -0.15) is 0 Å². The lowest BCUT2D eigenvalue weighted by Crippen LogP contribution is -1.99. The molecule has 0 aromatic heterocycles. The van der Waals surface area contributed by atoms with E-state index in [1.807, 2.05) is 39.0 Å². The molecule has 0 bridgehead atoms. The van der Waals surface area contributed by atoms with Crippen LogP contribution in [0.3, 0.4) is 0 Å². The van der Waals surface area contributed by atoms with Crippen molar-refractivity contribution in [2.24, 2.45) is 0 Å². The Labute approximate surface area is 96.8 Å². The highest BCUT2D eigenvalue weighted by Crippen LogP contribution is 2.16. The van der Waals surface area contributed by atoms with Gasteiger partial charge in [-0.1, -0.05) is 37.6 Å². The van der Waals surface area contributed by atoms with Gasteiger partial charge in [-0.3, -0.25) is 0 Å². The van der Waals surface area contributed by atoms with Gasteiger partial charge < -0.3 is 9.84 Å². The number of ether oxygens (including phenoxy) is 1. The molecular weight excluding hydrogens is 212 g/mol. The number of halogens is 1. The standard InChI is InChI=1S/C10H13ClO2.C2H6/c1-8-6-9(2-3-10(8)11)7-13-5-4-12;1-2/h2-3,6,12H,4-5,7H2,1H3;1-2H3. The molecule has 0 spiro atoms. The van der Waals surface area contributed by atoms with E-state index >= 15 is 0 Å². The predicted octanol–water partition coefficient (Wildman–Crippen LogP) is 3.18. The van der Waals surface area contributed by atoms with E-state index in [0.29, 0.717) is 13.2 Å². The molecule has 1 rings (SSSR count). The number of hydrogen-bond acceptors (Lipinski definition) is 2. The zero-order chi connectivity index (χ0) is 11.7. The number of benzene rings is 1. The molecule has 0 aliphatic heterocycles. The maximum Gasteiger partial charge on any atom is 0.0718 e. The molecule has 3 heteroatoms. The number of aryl methyl sites for hydroxylation is 1. The molecule has 0 saturated carbocycles. The smallest absolute Gasteiger partial charge is 0.0718 e. The van der Waals surface area contributed by atoms with Crippen LogP contribution in [0.2, 0.25) is 5.02 Å². The van der Waals surface area contributed by atoms with E-state index in [1.54, 1.807) is 0 Å². The first-order chi connectivity index (χ1) is 7.24. The van der Waals surface area contributed by atoms with Crippen molar-refractivity contribution < 1.29 is 9.84 Å². The average Bonchev–Trinajstić information content (AvgIpc) is 2.27. The molecule has 0 aliphatic rings. The molecule has 0 radical (unpaired) electrons. The van der Waals surface area contributed by atoms with Crippen molar-refractivity contribution in [3.05, 3.63) is 34.3 Å². The van der Waals surface area contributed by atoms with Gasteiger partial charge in [0.2, 0.25) is 0 Å². The second kappa shape index (κ2) is 8.72. The summed E-state index contributed by atoms with van der Waals surface area (Å²) in [5.41, 5.74) is 2.13. The van der Waals surface area contributed by atoms with Crippen molar-refractivity contribution in [1.82, 2.24) is 0 Å². The van der Waals surface area contributed by atoms with Crippen LogP contribution in [-0.4, -0.2) is 18.3 Å². The van der Waals surface area contributed by atoms with Gasteiger partial charge >= 0.3 is 0 Å². The molecule has 0 heterocycles. The summed E-state index contributed by atoms with van der Waals surface area (Å²) >= 11 is 5.86. The summed E-state index contributed by atoms with van der Waals surface area (Å²) < 4.78 is 5.17. The molecule has 15 heavy (non-hydrogen) atoms. The van der Waals surface area contributed by atoms with Crippen molar-refractivity contribution in [2.75, 3.05) is 13.2 Å². The molecule has 1 aromatic carbocycles. The van der Waals surface area contributed by atoms with Gasteiger partial charge in [-0.25, -0.2) is 0 Å². The first-order valence-corrected chi connectivity index (χ1v) is 5.55. The van der Waals surface area contributed by atoms with Crippen molar-refractivity contribution in [3.8, 4) is 0 Å². The molecule has 1 N–H and O–H groups in total. The molecule has 86 valence electrons. The highest BCUT2D eigenvalue weighted by atomic mass is 35.5. The quantitative estimate of drug-likeness (QED) is 0.806. The highest BCUT2D eigenvalue weighted by Gasteiger charge is 1.97. The molecule has 0 saturated heterocycles. The minimum atomic E-state index is 0.0621. The fourth-order valence-corrected chi connectivity index (χ4v) is 1.17. The Balaban J connectivity index is 0.000000921. The molecule has 0 amide bonds. The average molecular weight is 231 g/mol. The first kappa shape index (κ1) is 14.4. The minimum Gasteiger partial charge on any atom is -0.394 e. The summed E-state index contributed by atoms with van der Waals surface area (Å²) in [4.78, 5) is 0. The lowest BCUT2D eigenvalue weighted by molar-refractivity contribution is 0.0815. The van der Waals surface area contributed by atoms with Crippen LogP contribution in [-0.2, 0) is 11.3 Å². The Morgan fingerprint density at radius 1 is 1.33 bits per heavy atom. The van der Waals surface area contributed by atoms with Crippen LogP contribution < -0.4 is 0 Å². The zero-order valence-electron chi connectivity index (χ0n) is 9.59. The van der Waals surface area contributed by atoms with Crippen LogP contribution in [0.15, 0.2) is 18.2 Å². The van der Waals surface area contributed by atoms with Crippen LogP contribution >= 0.6 is 11.6 Å². The van der Waals surface area contributed by atoms with Crippen molar-refractivity contribution in [1.29, 1.82) is 0 Å². The van der Waals surface area contributed by atoms with E-state index in [9.17, 15) is 0 Å². The van der Waals surface area contributed by atoms with Crippen LogP contribution in [0.5, 0.6) is 0 Å². The predicted molar refractivity (Wildman–Crippen MR) is 64.3 cm³/mol. The largest absolute Gasteiger partial charge is 0.394 e. The summed E-state index contributed by atoms with van der Waals surface area (Å²) in [6, 6.07) is 5.76. The second-order valence-electron chi connectivity index (χ2n) is 2.86. The molecule has 0 fully saturated rings. The summed E-state index contributed by atoms with van der Waals surface area (Å²) in [7, 11) is 0. The Morgan fingerprint density at radius 2 is 2.00 bits per heavy atom. The maximum atomic E-state index is 8.50. The van der Waals surface area contributed by atoms with Gasteiger partial charge in [0.15, 0.2) is 0 Å². The summed E-state index contributed by atoms with van der Waals surface area (Å²) in [5.74, 6) is 0. The van der Waals surface area contributed by atoms with Gasteiger partial charge in [-0.15, -0.1) is 0 Å². The van der Waals surface area contributed by atoms with E-state index in [2.05, 4.69) is 0 Å². The van der Waals surface area contributed by atoms with Gasteiger partial charge in [0.1, 0.15) is 0 Å². The van der Waals surface area contributed by atoms with Crippen molar-refractivity contribution >= 4 is 11.6 Å². The van der Waals surface area contributed by atoms with Gasteiger partial charge in [-0.05, 0) is 24.1 Å². The Morgan fingerprint density at radius 3 is 2.53 bits per heavy atom. The van der Waals surface area contributed by atoms with Gasteiger partial charge in [0.05, 0.1) is 19.8 Å². The van der Waals surface area contributed by atoms with Crippen LogP contribution in [0.25, 0.3) is 0 Å². The first-order valence-electron chi connectivity index (χ1n) is 5.17. The highest BCUT2D eigenvalue weighted by molar-refractivity contribution is 6.31. The molecule has 2 nitrogen and oxygen atoms in total. The van der Waals surface area contributed by atoms with E-state index < -0.39 is 0 Å². The fourth-order valence-electron chi connectivity index (χ4n) is 1.05. The SMILES string of the molecule is CC.Cc1cc(COCCO)ccc1Cl. The van der Waals surface area contributed by atoms with E-state index in [4.69, 9.17) is 21.4 Å². The third kappa shape index (κ3) is 5.78. The molecule has 1 aromatic rings. The minimum absolute atomic E-state index is 0.0621. The Kier molecular flexibility index (Phi) is 8.38. The lowest BCUT2D eigenvalue weighted by atomic mass is 10.1. The van der Waals surface area contributed by atoms with Crippen LogP contribution in [0.4, 0.5) is 0 Å². The molecule has 0 aliphatic carbocycles. The number of aliphatic hydroxyl groups is 1. The topological polar surface area (TPSA) is 29.5 Å². The van der Waals surface area contributed by atoms with E-state index in [1.165, 1.54) is 0 Å². The summed E-state index contributed by atoms with van der Waals surface area (Å²) in [6.07, 6.45) is 0. The Hall–Kier alpha value is -0.570. The Bertz CT molecular complexity index is 274. The lowest BCUT2D eigenvalue weighted by Gasteiger charge is -2.04. The third-order valence-corrected chi connectivity index (χ3v) is 2.15. The monoisotopic (exact) mass is 230 g/mol. The number of rotatable bonds is 4. The molecule has 0 atom stereocenters. The number of hydrogen-bond donors (Lipinski definition) is 1. The number of aliphatic hydroxyl groups excluding tert-OH is 1. The second-order valence-corrected chi connectivity index (χ2v) is 3.27. The fraction of sp³-hybridized carbons (Fsp3) is 0.500. The van der Waals surface area contributed by atoms with Crippen LogP contribution in [0, 0.1) is 6.92 Å². The maximum absolute atomic E-state index is 8.50. The zero-order valence-corrected chi connectivity index (χ0v) is 10.3. The molecular formula is C12H19ClO2. The molecule has 0 unspecified atom stereocenters. The van der Waals surface area contributed by atoms with E-state index in [-0.39, 0.29) is 6.61 Å². The van der Waals surface area contributed by atoms with Gasteiger partial charge in [0.25, 0.3) is 0 Å². The van der Waals surface area contributed by atoms with Crippen LogP contribution in [0.1, 0.15) is 25.0 Å². The van der Waals surface area contributed by atoms with Crippen molar-refractivity contribution in [2.45, 2.75) is 27.4 Å².